The summed E-state index contributed by atoms with van der Waals surface area (Å²) in [7, 11) is 0. The number of rotatable bonds is 2. The second-order valence-electron chi connectivity index (χ2n) is 2.71. The maximum absolute atomic E-state index is 12.1. The van der Waals surface area contributed by atoms with Gasteiger partial charge in [0.15, 0.2) is 0 Å². The van der Waals surface area contributed by atoms with Crippen molar-refractivity contribution in [3.05, 3.63) is 0 Å². The second kappa shape index (κ2) is 2.64. The maximum Gasteiger partial charge on any atom is 0.505 e. The van der Waals surface area contributed by atoms with Crippen LogP contribution in [0.2, 0.25) is 0 Å². The summed E-state index contributed by atoms with van der Waals surface area (Å²) in [4.78, 5) is 9.80. The summed E-state index contributed by atoms with van der Waals surface area (Å²) >= 11 is 0. The Kier molecular flexibility index (Phi) is 1.97. The van der Waals surface area contributed by atoms with Gasteiger partial charge in [-0.25, -0.2) is 13.6 Å². The first-order chi connectivity index (χ1) is 4.99. The van der Waals surface area contributed by atoms with E-state index in [9.17, 15) is 13.6 Å². The van der Waals surface area contributed by atoms with Gasteiger partial charge in [0.05, 0.1) is 6.61 Å². The zero-order chi connectivity index (χ0) is 8.48. The van der Waals surface area contributed by atoms with Crippen LogP contribution in [0.15, 0.2) is 0 Å². The third-order valence-corrected chi connectivity index (χ3v) is 1.62. The van der Waals surface area contributed by atoms with Crippen LogP contribution in [0, 0.1) is 5.92 Å². The molecule has 1 fully saturated rings. The molecule has 0 aliphatic heterocycles. The van der Waals surface area contributed by atoms with Crippen molar-refractivity contribution in [1.29, 1.82) is 0 Å². The van der Waals surface area contributed by atoms with Gasteiger partial charge in [-0.15, -0.1) is 0 Å². The second-order valence-corrected chi connectivity index (χ2v) is 2.71. The molecule has 0 saturated heterocycles. The molecule has 0 bridgehead atoms. The van der Waals surface area contributed by atoms with E-state index in [1.807, 2.05) is 0 Å². The number of alkyl halides is 2. The molecular weight excluding hydrogens is 158 g/mol. The van der Waals surface area contributed by atoms with Gasteiger partial charge in [0.1, 0.15) is 0 Å². The van der Waals surface area contributed by atoms with Gasteiger partial charge in [-0.2, -0.15) is 0 Å². The molecule has 0 aromatic heterocycles. The summed E-state index contributed by atoms with van der Waals surface area (Å²) in [6.07, 6.45) is -1.90. The zero-order valence-electron chi connectivity index (χ0n) is 5.72. The quantitative estimate of drug-likeness (QED) is 0.635. The molecule has 0 aromatic carbocycles. The molecule has 5 heteroatoms. The molecule has 1 aliphatic carbocycles. The topological polar surface area (TPSA) is 46.5 Å². The largest absolute Gasteiger partial charge is 0.505 e. The minimum atomic E-state index is -2.59. The van der Waals surface area contributed by atoms with Crippen LogP contribution in [0.4, 0.5) is 13.6 Å². The molecular formula is C6H8F2O3. The monoisotopic (exact) mass is 166 g/mol. The van der Waals surface area contributed by atoms with Crippen LogP contribution in [0.5, 0.6) is 0 Å². The highest BCUT2D eigenvalue weighted by molar-refractivity contribution is 5.56. The standard InChI is InChI=1S/C6H8F2O3/c7-6(8)1-4(2-6)3-11-5(9)10/h4H,1-3H2,(H,9,10). The predicted octanol–water partition coefficient (Wildman–Crippen LogP) is 1.73. The Morgan fingerprint density at radius 3 is 2.55 bits per heavy atom. The molecule has 0 unspecified atom stereocenters. The van der Waals surface area contributed by atoms with E-state index in [1.54, 1.807) is 0 Å². The molecule has 1 saturated carbocycles. The van der Waals surface area contributed by atoms with Gasteiger partial charge in [-0.3, -0.25) is 0 Å². The molecule has 1 aliphatic rings. The third-order valence-electron chi connectivity index (χ3n) is 1.62. The van der Waals surface area contributed by atoms with Crippen molar-refractivity contribution >= 4 is 6.16 Å². The minimum absolute atomic E-state index is 0.106. The lowest BCUT2D eigenvalue weighted by Crippen LogP contribution is -2.38. The van der Waals surface area contributed by atoms with Crippen molar-refractivity contribution in [2.75, 3.05) is 6.61 Å². The highest BCUT2D eigenvalue weighted by atomic mass is 19.3. The number of hydrogen-bond acceptors (Lipinski definition) is 2. The normalized spacial score (nSPS) is 22.4. The summed E-state index contributed by atoms with van der Waals surface area (Å²) in [5.74, 6) is -2.88. The summed E-state index contributed by atoms with van der Waals surface area (Å²) in [5.41, 5.74) is 0. The molecule has 0 heterocycles. The van der Waals surface area contributed by atoms with Crippen molar-refractivity contribution in [2.45, 2.75) is 18.8 Å². The van der Waals surface area contributed by atoms with E-state index in [2.05, 4.69) is 4.74 Å². The summed E-state index contributed by atoms with van der Waals surface area (Å²) in [6.45, 7) is -0.106. The van der Waals surface area contributed by atoms with Crippen LogP contribution in [-0.4, -0.2) is 23.8 Å². The summed E-state index contributed by atoms with van der Waals surface area (Å²) in [5, 5.41) is 8.00. The zero-order valence-corrected chi connectivity index (χ0v) is 5.72. The van der Waals surface area contributed by atoms with Crippen LogP contribution in [0.25, 0.3) is 0 Å². The van der Waals surface area contributed by atoms with Gasteiger partial charge in [0, 0.05) is 18.8 Å². The van der Waals surface area contributed by atoms with Gasteiger partial charge in [0.25, 0.3) is 0 Å². The highest BCUT2D eigenvalue weighted by Gasteiger charge is 2.45. The van der Waals surface area contributed by atoms with Crippen LogP contribution in [-0.2, 0) is 4.74 Å². The maximum atomic E-state index is 12.1. The molecule has 0 aromatic rings. The SMILES string of the molecule is O=C(O)OCC1CC(F)(F)C1. The fourth-order valence-corrected chi connectivity index (χ4v) is 1.09. The third kappa shape index (κ3) is 2.32. The number of ether oxygens (including phenoxy) is 1. The van der Waals surface area contributed by atoms with Gasteiger partial charge in [-0.05, 0) is 0 Å². The molecule has 0 amide bonds. The number of hydrogen-bond donors (Lipinski definition) is 1. The molecule has 64 valence electrons. The molecule has 0 atom stereocenters. The summed E-state index contributed by atoms with van der Waals surface area (Å²) < 4.78 is 28.3. The van der Waals surface area contributed by atoms with Crippen molar-refractivity contribution in [3.8, 4) is 0 Å². The first-order valence-corrected chi connectivity index (χ1v) is 3.23. The fourth-order valence-electron chi connectivity index (χ4n) is 1.09. The molecule has 11 heavy (non-hydrogen) atoms. The van der Waals surface area contributed by atoms with Crippen molar-refractivity contribution in [3.63, 3.8) is 0 Å². The van der Waals surface area contributed by atoms with E-state index >= 15 is 0 Å². The Balaban J connectivity index is 2.09. The van der Waals surface area contributed by atoms with Crippen molar-refractivity contribution < 1.29 is 23.4 Å². The van der Waals surface area contributed by atoms with Gasteiger partial charge in [-0.1, -0.05) is 0 Å². The van der Waals surface area contributed by atoms with Gasteiger partial charge < -0.3 is 9.84 Å². The Morgan fingerprint density at radius 1 is 1.64 bits per heavy atom. The molecule has 1 rings (SSSR count). The fraction of sp³-hybridized carbons (Fsp3) is 0.833. The highest BCUT2D eigenvalue weighted by Crippen LogP contribution is 2.42. The Morgan fingerprint density at radius 2 is 2.18 bits per heavy atom. The lowest BCUT2D eigenvalue weighted by atomic mass is 9.82. The van der Waals surface area contributed by atoms with Crippen LogP contribution < -0.4 is 0 Å². The van der Waals surface area contributed by atoms with Crippen LogP contribution in [0.1, 0.15) is 12.8 Å². The van der Waals surface area contributed by atoms with E-state index in [1.165, 1.54) is 0 Å². The average molecular weight is 166 g/mol. The van der Waals surface area contributed by atoms with Crippen LogP contribution in [0.3, 0.4) is 0 Å². The van der Waals surface area contributed by atoms with Crippen LogP contribution >= 0.6 is 0 Å². The van der Waals surface area contributed by atoms with E-state index in [0.717, 1.165) is 0 Å². The molecule has 3 nitrogen and oxygen atoms in total. The Labute approximate surface area is 62.0 Å². The van der Waals surface area contributed by atoms with E-state index in [0.29, 0.717) is 0 Å². The number of carboxylic acid groups (broad SMARTS) is 1. The number of halogens is 2. The lowest BCUT2D eigenvalue weighted by molar-refractivity contribution is -0.123. The van der Waals surface area contributed by atoms with E-state index in [-0.39, 0.29) is 25.4 Å². The predicted molar refractivity (Wildman–Crippen MR) is 31.6 cm³/mol. The van der Waals surface area contributed by atoms with Gasteiger partial charge in [0.2, 0.25) is 5.92 Å². The number of carbonyl (C=O) groups is 1. The first-order valence-electron chi connectivity index (χ1n) is 3.23. The average Bonchev–Trinajstić information content (AvgIpc) is 1.78. The minimum Gasteiger partial charge on any atom is -0.450 e. The smallest absolute Gasteiger partial charge is 0.450 e. The first kappa shape index (κ1) is 8.23. The molecule has 0 spiro atoms. The van der Waals surface area contributed by atoms with Gasteiger partial charge >= 0.3 is 6.16 Å². The Hall–Kier alpha value is -0.870. The van der Waals surface area contributed by atoms with Crippen molar-refractivity contribution in [2.24, 2.45) is 5.92 Å². The molecule has 1 N–H and O–H groups in total. The lowest BCUT2D eigenvalue weighted by Gasteiger charge is -2.33. The van der Waals surface area contributed by atoms with E-state index < -0.39 is 12.1 Å². The summed E-state index contributed by atoms with van der Waals surface area (Å²) in [6, 6.07) is 0. The van der Waals surface area contributed by atoms with E-state index in [4.69, 9.17) is 5.11 Å². The molecule has 0 radical (unpaired) electrons. The Bertz CT molecular complexity index is 161. The van der Waals surface area contributed by atoms with Crippen molar-refractivity contribution in [1.82, 2.24) is 0 Å².